The molecule has 0 saturated carbocycles. The Bertz CT molecular complexity index is 2460. The minimum absolute atomic E-state index is 0.403. The summed E-state index contributed by atoms with van der Waals surface area (Å²) in [5.74, 6) is 0. The van der Waals surface area contributed by atoms with Gasteiger partial charge in [0.05, 0.1) is 11.0 Å². The molecule has 0 amide bonds. The molecule has 2 N–H and O–H groups in total. The molecule has 0 bridgehead atoms. The number of aromatic nitrogens is 1. The second kappa shape index (κ2) is 8.60. The normalized spacial score (nSPS) is 12.0. The first-order chi connectivity index (χ1) is 20.7. The third kappa shape index (κ3) is 3.16. The van der Waals surface area contributed by atoms with Crippen LogP contribution in [-0.4, -0.2) is 21.7 Å². The molecule has 198 valence electrons. The minimum atomic E-state index is -1.74. The molecule has 5 nitrogen and oxygen atoms in total. The van der Waals surface area contributed by atoms with Crippen molar-refractivity contribution in [2.45, 2.75) is 0 Å². The van der Waals surface area contributed by atoms with E-state index < -0.39 is 7.12 Å². The number of benzene rings is 6. The van der Waals surface area contributed by atoms with Gasteiger partial charge in [0.15, 0.2) is 0 Å². The highest BCUT2D eigenvalue weighted by atomic mass is 16.4. The van der Waals surface area contributed by atoms with Gasteiger partial charge in [-0.15, -0.1) is 0 Å². The molecule has 0 aliphatic carbocycles. The van der Waals surface area contributed by atoms with Crippen LogP contribution in [0.4, 0.5) is 0 Å². The minimum Gasteiger partial charge on any atom is -0.456 e. The molecule has 0 aliphatic rings. The molecule has 0 unspecified atom stereocenters. The fraction of sp³-hybridized carbons (Fsp3) is 0. The monoisotopic (exact) mass is 543 g/mol. The highest BCUT2D eigenvalue weighted by molar-refractivity contribution is 6.64. The Morgan fingerprint density at radius 3 is 1.86 bits per heavy atom. The van der Waals surface area contributed by atoms with Gasteiger partial charge in [-0.25, -0.2) is 0 Å². The number of furan rings is 2. The van der Waals surface area contributed by atoms with Gasteiger partial charge >= 0.3 is 7.12 Å². The Morgan fingerprint density at radius 1 is 0.500 bits per heavy atom. The maximum atomic E-state index is 11.0. The Morgan fingerprint density at radius 2 is 1.10 bits per heavy atom. The lowest BCUT2D eigenvalue weighted by Gasteiger charge is -2.15. The van der Waals surface area contributed by atoms with E-state index in [2.05, 4.69) is 47.0 Å². The summed E-state index contributed by atoms with van der Waals surface area (Å²) in [6, 6.07) is 40.4. The summed E-state index contributed by atoms with van der Waals surface area (Å²) in [5, 5.41) is 27.8. The predicted molar refractivity (Wildman–Crippen MR) is 171 cm³/mol. The van der Waals surface area contributed by atoms with Crippen LogP contribution in [0.15, 0.2) is 130 Å². The van der Waals surface area contributed by atoms with E-state index in [1.807, 2.05) is 78.9 Å². The van der Waals surface area contributed by atoms with E-state index in [1.165, 1.54) is 0 Å². The SMILES string of the molecule is OB(O)c1c(-n2c3ccccc3c3ccccc32)ccc2oc3cccc(-c4ccc5oc6ccccc6c5c4)c3c12. The maximum absolute atomic E-state index is 11.0. The number of fused-ring (bicyclic) bond motifs is 9. The van der Waals surface area contributed by atoms with Crippen molar-refractivity contribution in [3.8, 4) is 16.8 Å². The standard InChI is InChI=1S/C36H22BNO4/c39-37(40)36-29(38-27-12-4-1-8-23(27)24-9-2-5-13-28(24)38)17-19-33-35(36)34-22(11-7-15-32(34)42-33)21-16-18-31-26(20-21)25-10-3-6-14-30(25)41-31/h1-20,39-40H. The molecule has 0 radical (unpaired) electrons. The van der Waals surface area contributed by atoms with Gasteiger partial charge in [0.2, 0.25) is 0 Å². The molecular formula is C36H22BNO4. The molecule has 9 rings (SSSR count). The Kier molecular flexibility index (Phi) is 4.80. The molecular weight excluding hydrogens is 521 g/mol. The van der Waals surface area contributed by atoms with E-state index in [9.17, 15) is 10.0 Å². The van der Waals surface area contributed by atoms with Crippen LogP contribution in [0.5, 0.6) is 0 Å². The molecule has 0 fully saturated rings. The van der Waals surface area contributed by atoms with Crippen molar-refractivity contribution in [3.63, 3.8) is 0 Å². The second-order valence-electron chi connectivity index (χ2n) is 10.7. The van der Waals surface area contributed by atoms with Gasteiger partial charge in [-0.3, -0.25) is 0 Å². The lowest BCUT2D eigenvalue weighted by atomic mass is 9.75. The van der Waals surface area contributed by atoms with E-state index in [0.29, 0.717) is 27.7 Å². The van der Waals surface area contributed by atoms with Crippen molar-refractivity contribution >= 4 is 78.3 Å². The summed E-state index contributed by atoms with van der Waals surface area (Å²) >= 11 is 0. The van der Waals surface area contributed by atoms with Crippen LogP contribution >= 0.6 is 0 Å². The van der Waals surface area contributed by atoms with E-state index in [4.69, 9.17) is 8.83 Å². The first kappa shape index (κ1) is 23.4. The summed E-state index contributed by atoms with van der Waals surface area (Å²) < 4.78 is 14.5. The van der Waals surface area contributed by atoms with Crippen LogP contribution in [0.1, 0.15) is 0 Å². The lowest BCUT2D eigenvalue weighted by molar-refractivity contribution is 0.426. The number of rotatable bonds is 3. The summed E-state index contributed by atoms with van der Waals surface area (Å²) in [7, 11) is -1.74. The van der Waals surface area contributed by atoms with Crippen molar-refractivity contribution in [1.82, 2.24) is 4.57 Å². The predicted octanol–water partition coefficient (Wildman–Crippen LogP) is 7.93. The number of para-hydroxylation sites is 3. The first-order valence-electron chi connectivity index (χ1n) is 13.9. The van der Waals surface area contributed by atoms with Crippen molar-refractivity contribution in [2.24, 2.45) is 0 Å². The summed E-state index contributed by atoms with van der Waals surface area (Å²) in [6.45, 7) is 0. The zero-order valence-electron chi connectivity index (χ0n) is 22.3. The Balaban J connectivity index is 1.39. The average molecular weight is 543 g/mol. The molecule has 0 atom stereocenters. The highest BCUT2D eigenvalue weighted by Gasteiger charge is 2.27. The van der Waals surface area contributed by atoms with E-state index >= 15 is 0 Å². The lowest BCUT2D eigenvalue weighted by Crippen LogP contribution is -2.34. The second-order valence-corrected chi connectivity index (χ2v) is 10.7. The van der Waals surface area contributed by atoms with Gasteiger partial charge < -0.3 is 23.4 Å². The summed E-state index contributed by atoms with van der Waals surface area (Å²) in [5.41, 5.74) is 7.96. The molecule has 9 aromatic rings. The third-order valence-electron chi connectivity index (χ3n) is 8.45. The number of hydrogen-bond donors (Lipinski definition) is 2. The maximum Gasteiger partial charge on any atom is 0.491 e. The summed E-state index contributed by atoms with van der Waals surface area (Å²) in [6.07, 6.45) is 0. The van der Waals surface area contributed by atoms with E-state index in [-0.39, 0.29) is 0 Å². The average Bonchev–Trinajstić information content (AvgIpc) is 3.69. The van der Waals surface area contributed by atoms with E-state index in [0.717, 1.165) is 60.3 Å². The molecule has 42 heavy (non-hydrogen) atoms. The van der Waals surface area contributed by atoms with Crippen molar-refractivity contribution < 1.29 is 18.9 Å². The smallest absolute Gasteiger partial charge is 0.456 e. The quantitative estimate of drug-likeness (QED) is 0.222. The zero-order valence-corrected chi connectivity index (χ0v) is 22.3. The van der Waals surface area contributed by atoms with Crippen LogP contribution in [0, 0.1) is 0 Å². The van der Waals surface area contributed by atoms with Gasteiger partial charge in [-0.2, -0.15) is 0 Å². The molecule has 0 spiro atoms. The van der Waals surface area contributed by atoms with Gasteiger partial charge in [-0.05, 0) is 59.7 Å². The first-order valence-corrected chi connectivity index (χ1v) is 13.9. The van der Waals surface area contributed by atoms with Crippen LogP contribution < -0.4 is 5.46 Å². The molecule has 3 aromatic heterocycles. The fourth-order valence-electron chi connectivity index (χ4n) is 6.70. The van der Waals surface area contributed by atoms with Crippen LogP contribution in [0.2, 0.25) is 0 Å². The summed E-state index contributed by atoms with van der Waals surface area (Å²) in [4.78, 5) is 0. The van der Waals surface area contributed by atoms with Crippen LogP contribution in [0.3, 0.4) is 0 Å². The highest BCUT2D eigenvalue weighted by Crippen LogP contribution is 2.40. The zero-order chi connectivity index (χ0) is 27.9. The molecule has 6 aromatic carbocycles. The Labute approximate surface area is 239 Å². The van der Waals surface area contributed by atoms with Crippen molar-refractivity contribution in [1.29, 1.82) is 0 Å². The fourth-order valence-corrected chi connectivity index (χ4v) is 6.70. The number of nitrogens with zero attached hydrogens (tertiary/aromatic N) is 1. The molecule has 3 heterocycles. The molecule has 0 saturated heterocycles. The van der Waals surface area contributed by atoms with Crippen molar-refractivity contribution in [3.05, 3.63) is 121 Å². The molecule has 0 aliphatic heterocycles. The van der Waals surface area contributed by atoms with Gasteiger partial charge in [0.25, 0.3) is 0 Å². The van der Waals surface area contributed by atoms with Crippen LogP contribution in [-0.2, 0) is 0 Å². The van der Waals surface area contributed by atoms with Gasteiger partial charge in [-0.1, -0.05) is 72.8 Å². The number of hydrogen-bond acceptors (Lipinski definition) is 4. The van der Waals surface area contributed by atoms with Gasteiger partial charge in [0, 0.05) is 43.5 Å². The Hall–Kier alpha value is -5.30. The third-order valence-corrected chi connectivity index (χ3v) is 8.45. The largest absolute Gasteiger partial charge is 0.491 e. The van der Waals surface area contributed by atoms with Crippen molar-refractivity contribution in [2.75, 3.05) is 0 Å². The van der Waals surface area contributed by atoms with Crippen LogP contribution in [0.25, 0.3) is 82.5 Å². The van der Waals surface area contributed by atoms with Gasteiger partial charge in [0.1, 0.15) is 22.3 Å². The van der Waals surface area contributed by atoms with E-state index in [1.54, 1.807) is 0 Å². The molecule has 6 heteroatoms. The topological polar surface area (TPSA) is 71.7 Å².